The minimum Gasteiger partial charge on any atom is -0.481 e. The Balaban J connectivity index is 2.90. The Morgan fingerprint density at radius 3 is 2.23 bits per heavy atom. The van der Waals surface area contributed by atoms with Gasteiger partial charge in [0.05, 0.1) is 18.0 Å². The summed E-state index contributed by atoms with van der Waals surface area (Å²) in [6, 6.07) is 7.52. The van der Waals surface area contributed by atoms with Crippen LogP contribution in [0.2, 0.25) is 0 Å². The van der Waals surface area contributed by atoms with E-state index in [1.807, 2.05) is 58.0 Å². The van der Waals surface area contributed by atoms with Crippen LogP contribution in [-0.2, 0) is 19.9 Å². The Bertz CT molecular complexity index is 631. The maximum atomic E-state index is 12.8. The van der Waals surface area contributed by atoms with Crippen molar-refractivity contribution in [1.29, 1.82) is 0 Å². The van der Waals surface area contributed by atoms with Crippen LogP contribution in [0.5, 0.6) is 0 Å². The van der Waals surface area contributed by atoms with Crippen LogP contribution in [0.1, 0.15) is 46.1 Å². The van der Waals surface area contributed by atoms with Crippen molar-refractivity contribution in [2.24, 2.45) is 11.7 Å². The van der Waals surface area contributed by atoms with Crippen molar-refractivity contribution in [3.8, 4) is 0 Å². The van der Waals surface area contributed by atoms with E-state index in [-0.39, 0.29) is 11.8 Å². The van der Waals surface area contributed by atoms with E-state index in [0.717, 1.165) is 5.56 Å². The molecule has 0 fully saturated rings. The lowest BCUT2D eigenvalue weighted by molar-refractivity contribution is -0.139. The van der Waals surface area contributed by atoms with Gasteiger partial charge >= 0.3 is 5.97 Å². The number of carbonyl (C=O) groups is 3. The molecule has 1 rings (SSSR count). The second-order valence-electron chi connectivity index (χ2n) is 7.06. The molecule has 0 saturated heterocycles. The number of aliphatic carboxylic acids is 1. The second kappa shape index (κ2) is 9.33. The molecule has 0 aliphatic heterocycles. The van der Waals surface area contributed by atoms with Crippen LogP contribution in [0, 0.1) is 5.92 Å². The summed E-state index contributed by atoms with van der Waals surface area (Å²) >= 11 is 0. The molecule has 7 heteroatoms. The summed E-state index contributed by atoms with van der Waals surface area (Å²) in [6.45, 7) is 7.52. The first-order chi connectivity index (χ1) is 12.1. The number of hydrogen-bond donors (Lipinski definition) is 4. The van der Waals surface area contributed by atoms with Crippen LogP contribution in [-0.4, -0.2) is 35.0 Å². The Labute approximate surface area is 154 Å². The Morgan fingerprint density at radius 1 is 1.15 bits per heavy atom. The van der Waals surface area contributed by atoms with Gasteiger partial charge < -0.3 is 21.5 Å². The van der Waals surface area contributed by atoms with E-state index in [1.165, 1.54) is 0 Å². The zero-order chi connectivity index (χ0) is 19.9. The number of carbonyl (C=O) groups excluding carboxylic acids is 2. The first-order valence-corrected chi connectivity index (χ1v) is 8.73. The largest absolute Gasteiger partial charge is 0.481 e. The standard InChI is InChI=1S/C19H29N3O4/c1-5-12(2)16(21-17(25)14(20)11-15(23)24)18(26)22-19(3,4)13-9-7-6-8-10-13/h6-10,12,14,16H,5,11,20H2,1-4H3,(H,21,25)(H,22,26)(H,23,24)/t12-,14+,16-/m1/s1. The predicted octanol–water partition coefficient (Wildman–Crippen LogP) is 1.37. The Kier molecular flexibility index (Phi) is 7.76. The van der Waals surface area contributed by atoms with Crippen LogP contribution >= 0.6 is 0 Å². The first kappa shape index (κ1) is 21.6. The van der Waals surface area contributed by atoms with Gasteiger partial charge in [-0.1, -0.05) is 50.6 Å². The van der Waals surface area contributed by atoms with Crippen molar-refractivity contribution in [2.75, 3.05) is 0 Å². The Morgan fingerprint density at radius 2 is 1.73 bits per heavy atom. The zero-order valence-electron chi connectivity index (χ0n) is 15.8. The van der Waals surface area contributed by atoms with Crippen LogP contribution in [0.4, 0.5) is 0 Å². The summed E-state index contributed by atoms with van der Waals surface area (Å²) in [6.07, 6.45) is 0.175. The molecule has 0 aliphatic rings. The molecule has 0 bridgehead atoms. The second-order valence-corrected chi connectivity index (χ2v) is 7.06. The molecule has 144 valence electrons. The van der Waals surface area contributed by atoms with E-state index in [4.69, 9.17) is 10.8 Å². The molecule has 0 aromatic heterocycles. The lowest BCUT2D eigenvalue weighted by atomic mass is 9.92. The average Bonchev–Trinajstić information content (AvgIpc) is 2.58. The minimum absolute atomic E-state index is 0.137. The van der Waals surface area contributed by atoms with E-state index in [2.05, 4.69) is 10.6 Å². The summed E-state index contributed by atoms with van der Waals surface area (Å²) in [7, 11) is 0. The van der Waals surface area contributed by atoms with Crippen LogP contribution in [0.15, 0.2) is 30.3 Å². The van der Waals surface area contributed by atoms with E-state index < -0.39 is 35.9 Å². The molecule has 0 spiro atoms. The van der Waals surface area contributed by atoms with Gasteiger partial charge in [-0.15, -0.1) is 0 Å². The lowest BCUT2D eigenvalue weighted by Crippen LogP contribution is -2.57. The monoisotopic (exact) mass is 363 g/mol. The van der Waals surface area contributed by atoms with Gasteiger partial charge in [0.1, 0.15) is 6.04 Å². The summed E-state index contributed by atoms with van der Waals surface area (Å²) < 4.78 is 0. The van der Waals surface area contributed by atoms with Gasteiger partial charge in [0, 0.05) is 0 Å². The smallest absolute Gasteiger partial charge is 0.305 e. The molecule has 1 aromatic rings. The van der Waals surface area contributed by atoms with Crippen LogP contribution in [0.25, 0.3) is 0 Å². The average molecular weight is 363 g/mol. The molecule has 3 atom stereocenters. The zero-order valence-corrected chi connectivity index (χ0v) is 15.8. The molecule has 26 heavy (non-hydrogen) atoms. The number of hydrogen-bond acceptors (Lipinski definition) is 4. The number of nitrogens with one attached hydrogen (secondary N) is 2. The third-order valence-electron chi connectivity index (χ3n) is 4.46. The molecular formula is C19H29N3O4. The van der Waals surface area contributed by atoms with Gasteiger partial charge in [0.15, 0.2) is 0 Å². The maximum absolute atomic E-state index is 12.8. The van der Waals surface area contributed by atoms with Crippen molar-refractivity contribution in [1.82, 2.24) is 10.6 Å². The highest BCUT2D eigenvalue weighted by Gasteiger charge is 2.32. The molecule has 1 aromatic carbocycles. The van der Waals surface area contributed by atoms with E-state index in [9.17, 15) is 14.4 Å². The quantitative estimate of drug-likeness (QED) is 0.528. The van der Waals surface area contributed by atoms with Gasteiger partial charge in [0.2, 0.25) is 11.8 Å². The number of rotatable bonds is 9. The number of benzene rings is 1. The highest BCUT2D eigenvalue weighted by molar-refractivity contribution is 5.91. The van der Waals surface area contributed by atoms with Gasteiger partial charge in [-0.05, 0) is 25.3 Å². The van der Waals surface area contributed by atoms with Gasteiger partial charge in [-0.2, -0.15) is 0 Å². The fraction of sp³-hybridized carbons (Fsp3) is 0.526. The molecule has 7 nitrogen and oxygen atoms in total. The molecule has 0 aliphatic carbocycles. The molecule has 5 N–H and O–H groups in total. The van der Waals surface area contributed by atoms with E-state index >= 15 is 0 Å². The van der Waals surface area contributed by atoms with E-state index in [0.29, 0.717) is 6.42 Å². The molecular weight excluding hydrogens is 334 g/mol. The molecule has 2 amide bonds. The number of amides is 2. The van der Waals surface area contributed by atoms with Crippen molar-refractivity contribution < 1.29 is 19.5 Å². The van der Waals surface area contributed by atoms with Crippen molar-refractivity contribution in [3.05, 3.63) is 35.9 Å². The summed E-state index contributed by atoms with van der Waals surface area (Å²) in [5, 5.41) is 14.3. The SMILES string of the molecule is CC[C@@H](C)[C@@H](NC(=O)[C@@H](N)CC(=O)O)C(=O)NC(C)(C)c1ccccc1. The van der Waals surface area contributed by atoms with E-state index in [1.54, 1.807) is 0 Å². The van der Waals surface area contributed by atoms with Crippen molar-refractivity contribution >= 4 is 17.8 Å². The normalized spacial score (nSPS) is 14.8. The molecule has 0 radical (unpaired) electrons. The molecule has 0 saturated carbocycles. The van der Waals surface area contributed by atoms with Crippen LogP contribution in [0.3, 0.4) is 0 Å². The van der Waals surface area contributed by atoms with Gasteiger partial charge in [-0.25, -0.2) is 0 Å². The van der Waals surface area contributed by atoms with Crippen molar-refractivity contribution in [2.45, 2.75) is 58.2 Å². The Hall–Kier alpha value is -2.41. The summed E-state index contributed by atoms with van der Waals surface area (Å²) in [5.74, 6) is -2.28. The summed E-state index contributed by atoms with van der Waals surface area (Å²) in [5.41, 5.74) is 5.91. The number of carboxylic acids is 1. The van der Waals surface area contributed by atoms with Crippen molar-refractivity contribution in [3.63, 3.8) is 0 Å². The molecule has 0 heterocycles. The topological polar surface area (TPSA) is 122 Å². The third-order valence-corrected chi connectivity index (χ3v) is 4.46. The summed E-state index contributed by atoms with van der Waals surface area (Å²) in [4.78, 5) is 35.7. The fourth-order valence-electron chi connectivity index (χ4n) is 2.56. The van der Waals surface area contributed by atoms with Gasteiger partial charge in [-0.3, -0.25) is 14.4 Å². The highest BCUT2D eigenvalue weighted by Crippen LogP contribution is 2.20. The van der Waals surface area contributed by atoms with Gasteiger partial charge in [0.25, 0.3) is 0 Å². The number of nitrogens with two attached hydrogens (primary N) is 1. The molecule has 0 unspecified atom stereocenters. The lowest BCUT2D eigenvalue weighted by Gasteiger charge is -2.32. The van der Waals surface area contributed by atoms with Crippen LogP contribution < -0.4 is 16.4 Å². The fourth-order valence-corrected chi connectivity index (χ4v) is 2.56. The predicted molar refractivity (Wildman–Crippen MR) is 99.2 cm³/mol. The minimum atomic E-state index is -1.20. The number of carboxylic acid groups (broad SMARTS) is 1. The first-order valence-electron chi connectivity index (χ1n) is 8.73. The third kappa shape index (κ3) is 6.15. The maximum Gasteiger partial charge on any atom is 0.305 e. The highest BCUT2D eigenvalue weighted by atomic mass is 16.4.